The summed E-state index contributed by atoms with van der Waals surface area (Å²) < 4.78 is 22.5. The number of sulfone groups is 1. The summed E-state index contributed by atoms with van der Waals surface area (Å²) in [5.41, 5.74) is 4.85. The summed E-state index contributed by atoms with van der Waals surface area (Å²) in [7, 11) is -3.50. The number of nitrogens with zero attached hydrogens (tertiary/aromatic N) is 1. The molecule has 0 bridgehead atoms. The Bertz CT molecular complexity index is 582. The van der Waals surface area contributed by atoms with Crippen LogP contribution >= 0.6 is 12.2 Å². The fourth-order valence-electron chi connectivity index (χ4n) is 1.13. The van der Waals surface area contributed by atoms with Crippen molar-refractivity contribution in [2.45, 2.75) is 4.90 Å². The van der Waals surface area contributed by atoms with Gasteiger partial charge in [0.2, 0.25) is 0 Å². The van der Waals surface area contributed by atoms with E-state index in [0.717, 1.165) is 12.3 Å². The summed E-state index contributed by atoms with van der Waals surface area (Å²) in [5, 5.41) is 13.0. The van der Waals surface area contributed by atoms with Crippen molar-refractivity contribution in [3.05, 3.63) is 28.3 Å². The van der Waals surface area contributed by atoms with Crippen molar-refractivity contribution < 1.29 is 13.3 Å². The smallest absolute Gasteiger partial charge is 0.294 e. The summed E-state index contributed by atoms with van der Waals surface area (Å²) in [5.74, 6) is 0. The first-order valence-corrected chi connectivity index (χ1v) is 6.56. The van der Waals surface area contributed by atoms with Gasteiger partial charge >= 0.3 is 0 Å². The molecular weight excluding hydrogens is 266 g/mol. The van der Waals surface area contributed by atoms with Crippen LogP contribution in [0.4, 0.5) is 11.4 Å². The number of hydrogen-bond acceptors (Lipinski definition) is 5. The molecule has 92 valence electrons. The van der Waals surface area contributed by atoms with Crippen LogP contribution in [0.25, 0.3) is 0 Å². The quantitative estimate of drug-likeness (QED) is 0.472. The summed E-state index contributed by atoms with van der Waals surface area (Å²) in [6, 6.07) is 3.44. The minimum Gasteiger partial charge on any atom is -0.376 e. The largest absolute Gasteiger partial charge is 0.376 e. The fourth-order valence-corrected chi connectivity index (χ4v) is 1.88. The number of benzene rings is 1. The molecular formula is C8H9N3O4S2. The first-order valence-electron chi connectivity index (χ1n) is 4.27. The van der Waals surface area contributed by atoms with E-state index in [-0.39, 0.29) is 15.7 Å². The highest BCUT2D eigenvalue weighted by atomic mass is 32.2. The second-order valence-corrected chi connectivity index (χ2v) is 5.65. The first kappa shape index (κ1) is 13.3. The van der Waals surface area contributed by atoms with Gasteiger partial charge in [-0.3, -0.25) is 10.1 Å². The van der Waals surface area contributed by atoms with E-state index in [9.17, 15) is 18.5 Å². The van der Waals surface area contributed by atoms with Gasteiger partial charge in [0.25, 0.3) is 5.69 Å². The van der Waals surface area contributed by atoms with Crippen LogP contribution in [0.1, 0.15) is 0 Å². The molecule has 0 saturated heterocycles. The van der Waals surface area contributed by atoms with Crippen molar-refractivity contribution in [2.75, 3.05) is 11.6 Å². The van der Waals surface area contributed by atoms with Crippen LogP contribution in [0.3, 0.4) is 0 Å². The van der Waals surface area contributed by atoms with Crippen LogP contribution < -0.4 is 11.1 Å². The van der Waals surface area contributed by atoms with Gasteiger partial charge < -0.3 is 11.1 Å². The van der Waals surface area contributed by atoms with Crippen molar-refractivity contribution in [2.24, 2.45) is 5.73 Å². The number of nitrogens with one attached hydrogen (secondary N) is 1. The molecule has 9 heteroatoms. The zero-order chi connectivity index (χ0) is 13.2. The van der Waals surface area contributed by atoms with E-state index in [2.05, 4.69) is 17.5 Å². The average Bonchev–Trinajstić information content (AvgIpc) is 2.15. The average molecular weight is 275 g/mol. The molecule has 0 radical (unpaired) electrons. The van der Waals surface area contributed by atoms with Gasteiger partial charge in [-0.25, -0.2) is 8.42 Å². The summed E-state index contributed by atoms with van der Waals surface area (Å²) in [6.07, 6.45) is 0.965. The van der Waals surface area contributed by atoms with E-state index in [1.165, 1.54) is 12.1 Å². The second-order valence-electron chi connectivity index (χ2n) is 3.20. The van der Waals surface area contributed by atoms with E-state index in [1.807, 2.05) is 0 Å². The third-order valence-corrected chi connectivity index (χ3v) is 3.06. The van der Waals surface area contributed by atoms with Crippen molar-refractivity contribution in [1.29, 1.82) is 0 Å². The van der Waals surface area contributed by atoms with Crippen LogP contribution in [0, 0.1) is 10.1 Å². The second kappa shape index (κ2) is 4.63. The minimum absolute atomic E-state index is 0.0508. The van der Waals surface area contributed by atoms with Gasteiger partial charge in [0.15, 0.2) is 14.9 Å². The summed E-state index contributed by atoms with van der Waals surface area (Å²) >= 11 is 4.56. The van der Waals surface area contributed by atoms with E-state index in [1.54, 1.807) is 0 Å². The van der Waals surface area contributed by atoms with Crippen LogP contribution in [-0.2, 0) is 9.84 Å². The maximum Gasteiger partial charge on any atom is 0.294 e. The SMILES string of the molecule is CS(=O)(=O)c1ccc(NC(N)=S)c([N+](=O)[O-])c1. The third kappa shape index (κ3) is 3.36. The molecule has 0 aliphatic carbocycles. The number of nitro benzene ring substituents is 1. The lowest BCUT2D eigenvalue weighted by Crippen LogP contribution is -2.19. The number of rotatable bonds is 3. The maximum absolute atomic E-state index is 11.2. The molecule has 0 amide bonds. The van der Waals surface area contributed by atoms with E-state index < -0.39 is 20.4 Å². The first-order chi connectivity index (χ1) is 7.71. The highest BCUT2D eigenvalue weighted by Crippen LogP contribution is 2.27. The fraction of sp³-hybridized carbons (Fsp3) is 0.125. The molecule has 0 fully saturated rings. The Kier molecular flexibility index (Phi) is 3.63. The number of hydrogen-bond donors (Lipinski definition) is 2. The van der Waals surface area contributed by atoms with Gasteiger partial charge in [0.05, 0.1) is 9.82 Å². The zero-order valence-corrected chi connectivity index (χ0v) is 10.3. The maximum atomic E-state index is 11.2. The van der Waals surface area contributed by atoms with E-state index >= 15 is 0 Å². The third-order valence-electron chi connectivity index (χ3n) is 1.85. The molecule has 0 saturated carbocycles. The van der Waals surface area contributed by atoms with Gasteiger partial charge in [-0.2, -0.15) is 0 Å². The lowest BCUT2D eigenvalue weighted by atomic mass is 10.2. The predicted octanol–water partition coefficient (Wildman–Crippen LogP) is 0.654. The Hall–Kier alpha value is -1.74. The standard InChI is InChI=1S/C8H9N3O4S2/c1-17(14,15)5-2-3-6(10-8(9)16)7(4-5)11(12)13/h2-4H,1H3,(H3,9,10,16). The molecule has 0 aromatic heterocycles. The molecule has 1 aromatic rings. The lowest BCUT2D eigenvalue weighted by molar-refractivity contribution is -0.384. The topological polar surface area (TPSA) is 115 Å². The number of thiocarbonyl (C=S) groups is 1. The van der Waals surface area contributed by atoms with Gasteiger partial charge in [0, 0.05) is 12.3 Å². The number of nitrogens with two attached hydrogens (primary N) is 1. The number of anilines is 1. The Balaban J connectivity index is 3.37. The molecule has 0 unspecified atom stereocenters. The van der Waals surface area contributed by atoms with Crippen molar-refractivity contribution >= 4 is 38.5 Å². The highest BCUT2D eigenvalue weighted by molar-refractivity contribution is 7.90. The molecule has 17 heavy (non-hydrogen) atoms. The van der Waals surface area contributed by atoms with Crippen LogP contribution in [0.5, 0.6) is 0 Å². The molecule has 7 nitrogen and oxygen atoms in total. The summed E-state index contributed by atoms with van der Waals surface area (Å²) in [4.78, 5) is 9.92. The lowest BCUT2D eigenvalue weighted by Gasteiger charge is -2.06. The minimum atomic E-state index is -3.50. The molecule has 0 aliphatic rings. The van der Waals surface area contributed by atoms with Gasteiger partial charge in [-0.05, 0) is 24.4 Å². The molecule has 0 spiro atoms. The predicted molar refractivity (Wildman–Crippen MR) is 66.6 cm³/mol. The Morgan fingerprint density at radius 2 is 2.12 bits per heavy atom. The van der Waals surface area contributed by atoms with Crippen LogP contribution in [0.15, 0.2) is 23.1 Å². The Morgan fingerprint density at radius 3 is 2.53 bits per heavy atom. The Morgan fingerprint density at radius 1 is 1.53 bits per heavy atom. The van der Waals surface area contributed by atoms with Crippen LogP contribution in [0.2, 0.25) is 0 Å². The molecule has 0 atom stereocenters. The zero-order valence-electron chi connectivity index (χ0n) is 8.71. The van der Waals surface area contributed by atoms with E-state index in [0.29, 0.717) is 0 Å². The van der Waals surface area contributed by atoms with Crippen molar-refractivity contribution in [3.8, 4) is 0 Å². The molecule has 1 aromatic carbocycles. The number of nitro groups is 1. The van der Waals surface area contributed by atoms with Gasteiger partial charge in [0.1, 0.15) is 5.69 Å². The molecule has 0 aliphatic heterocycles. The normalized spacial score (nSPS) is 10.9. The molecule has 1 rings (SSSR count). The van der Waals surface area contributed by atoms with Gasteiger partial charge in [-0.1, -0.05) is 0 Å². The van der Waals surface area contributed by atoms with Gasteiger partial charge in [-0.15, -0.1) is 0 Å². The molecule has 0 heterocycles. The summed E-state index contributed by atoms with van der Waals surface area (Å²) in [6.45, 7) is 0. The monoisotopic (exact) mass is 275 g/mol. The Labute approximate surface area is 103 Å². The van der Waals surface area contributed by atoms with E-state index in [4.69, 9.17) is 5.73 Å². The van der Waals surface area contributed by atoms with Crippen molar-refractivity contribution in [1.82, 2.24) is 0 Å². The van der Waals surface area contributed by atoms with Crippen LogP contribution in [-0.4, -0.2) is 24.7 Å². The highest BCUT2D eigenvalue weighted by Gasteiger charge is 2.18. The molecule has 3 N–H and O–H groups in total. The van der Waals surface area contributed by atoms with Crippen molar-refractivity contribution in [3.63, 3.8) is 0 Å².